The Morgan fingerprint density at radius 3 is 2.02 bits per heavy atom. The van der Waals surface area contributed by atoms with Crippen molar-refractivity contribution in [2.45, 2.75) is 91.5 Å². The summed E-state index contributed by atoms with van der Waals surface area (Å²) in [6.07, 6.45) is 16.2. The number of aromatic nitrogens is 6. The normalized spacial score (nSPS) is 11.1. The number of nitrogens with zero attached hydrogens (tertiary/aromatic N) is 7. The fourth-order valence-corrected chi connectivity index (χ4v) is 4.58. The molecule has 0 fully saturated rings. The topological polar surface area (TPSA) is 121 Å². The van der Waals surface area contributed by atoms with Gasteiger partial charge in [-0.3, -0.25) is 14.2 Å². The van der Waals surface area contributed by atoms with Crippen LogP contribution in [0.2, 0.25) is 0 Å². The largest absolute Gasteiger partial charge is 0.487 e. The van der Waals surface area contributed by atoms with Gasteiger partial charge >= 0.3 is 0 Å². The van der Waals surface area contributed by atoms with Crippen LogP contribution < -0.4 is 9.47 Å². The van der Waals surface area contributed by atoms with Gasteiger partial charge in [-0.15, -0.1) is 10.2 Å². The van der Waals surface area contributed by atoms with Gasteiger partial charge in [0.1, 0.15) is 36.1 Å². The summed E-state index contributed by atoms with van der Waals surface area (Å²) in [5.41, 5.74) is 3.17. The Morgan fingerprint density at radius 1 is 0.818 bits per heavy atom. The summed E-state index contributed by atoms with van der Waals surface area (Å²) in [6.45, 7) is 6.43. The van der Waals surface area contributed by atoms with Gasteiger partial charge in [-0.05, 0) is 48.7 Å². The van der Waals surface area contributed by atoms with Gasteiger partial charge in [0.15, 0.2) is 5.78 Å². The van der Waals surface area contributed by atoms with Crippen LogP contribution in [0.1, 0.15) is 98.1 Å². The zero-order valence-electron chi connectivity index (χ0n) is 25.7. The third-order valence-electron chi connectivity index (χ3n) is 7.10. The number of unbranched alkanes of at least 4 members (excludes halogenated alkanes) is 6. The molecule has 0 atom stereocenters. The molecule has 0 N–H and O–H groups in total. The average Bonchev–Trinajstić information content (AvgIpc) is 3.71. The lowest BCUT2D eigenvalue weighted by Gasteiger charge is -2.12. The number of carbonyl (C=O) groups excluding carboxylic acids is 1. The molecular formula is C34H41N7O3. The molecule has 10 nitrogen and oxygen atoms in total. The number of carbonyl (C=O) groups is 1. The average molecular weight is 596 g/mol. The second kappa shape index (κ2) is 17.4. The predicted molar refractivity (Wildman–Crippen MR) is 168 cm³/mol. The molecule has 0 aliphatic carbocycles. The van der Waals surface area contributed by atoms with Gasteiger partial charge in [0.05, 0.1) is 29.6 Å². The van der Waals surface area contributed by atoms with E-state index in [4.69, 9.17) is 14.7 Å². The first kappa shape index (κ1) is 32.1. The van der Waals surface area contributed by atoms with E-state index >= 15 is 0 Å². The Bertz CT molecular complexity index is 1530. The molecule has 0 saturated carbocycles. The standard InChI is InChI=1S/C34H41N7O3/c1-3-5-7-9-19-40-23-29(36-38-40)25-43-31-16-17-32(33(42)18-15-27-11-13-28(22-35)14-12-27)34(21-31)44-26-30-24-41(39-37-30)20-10-8-6-4-2/h11-18,21,23-24H,3-10,19-20,25-26H2,1-2H3/b18-15+. The van der Waals surface area contributed by atoms with Crippen LogP contribution in [0.4, 0.5) is 0 Å². The second-order valence-electron chi connectivity index (χ2n) is 10.7. The van der Waals surface area contributed by atoms with Crippen molar-refractivity contribution < 1.29 is 14.3 Å². The second-order valence-corrected chi connectivity index (χ2v) is 10.7. The molecule has 2 aromatic carbocycles. The Labute approximate surface area is 259 Å². The van der Waals surface area contributed by atoms with E-state index < -0.39 is 0 Å². The molecule has 0 unspecified atom stereocenters. The first-order chi connectivity index (χ1) is 21.6. The smallest absolute Gasteiger partial charge is 0.189 e. The molecule has 2 aromatic heterocycles. The highest BCUT2D eigenvalue weighted by Gasteiger charge is 2.14. The van der Waals surface area contributed by atoms with Crippen LogP contribution in [-0.2, 0) is 26.3 Å². The lowest BCUT2D eigenvalue weighted by molar-refractivity contribution is 0.104. The molecule has 0 bridgehead atoms. The highest BCUT2D eigenvalue weighted by atomic mass is 16.5. The SMILES string of the molecule is CCCCCCn1cc(COc2ccc(C(=O)/C=C/c3ccc(C#N)cc3)c(OCc3cn(CCCCCC)nn3)c2)nn1. The zero-order chi connectivity index (χ0) is 31.0. The summed E-state index contributed by atoms with van der Waals surface area (Å²) in [6, 6.07) is 14.3. The van der Waals surface area contributed by atoms with Crippen LogP contribution in [0.3, 0.4) is 0 Å². The Hall–Kier alpha value is -4.78. The van der Waals surface area contributed by atoms with Crippen molar-refractivity contribution >= 4 is 11.9 Å². The highest BCUT2D eigenvalue weighted by Crippen LogP contribution is 2.27. The monoisotopic (exact) mass is 595 g/mol. The predicted octanol–water partition coefficient (Wildman–Crippen LogP) is 6.96. The van der Waals surface area contributed by atoms with E-state index in [1.807, 2.05) is 21.8 Å². The fraction of sp³-hybridized carbons (Fsp3) is 0.412. The highest BCUT2D eigenvalue weighted by molar-refractivity contribution is 6.08. The van der Waals surface area contributed by atoms with Crippen molar-refractivity contribution in [1.29, 1.82) is 5.26 Å². The van der Waals surface area contributed by atoms with Crippen LogP contribution in [0.15, 0.2) is 60.9 Å². The van der Waals surface area contributed by atoms with Gasteiger partial charge in [-0.25, -0.2) is 0 Å². The molecule has 230 valence electrons. The Kier molecular flexibility index (Phi) is 12.7. The number of nitriles is 1. The van der Waals surface area contributed by atoms with Crippen LogP contribution in [0.5, 0.6) is 11.5 Å². The Morgan fingerprint density at radius 2 is 1.43 bits per heavy atom. The lowest BCUT2D eigenvalue weighted by Crippen LogP contribution is -2.04. The van der Waals surface area contributed by atoms with Crippen molar-refractivity contribution in [3.8, 4) is 17.6 Å². The molecule has 0 radical (unpaired) electrons. The van der Waals surface area contributed by atoms with Gasteiger partial charge in [0.25, 0.3) is 0 Å². The number of ether oxygens (including phenoxy) is 2. The minimum absolute atomic E-state index is 0.157. The number of benzene rings is 2. The van der Waals surface area contributed by atoms with Crippen LogP contribution in [0, 0.1) is 11.3 Å². The van der Waals surface area contributed by atoms with E-state index in [9.17, 15) is 4.79 Å². The van der Waals surface area contributed by atoms with Gasteiger partial charge in [-0.1, -0.05) is 81.0 Å². The molecule has 4 rings (SSSR count). The van der Waals surface area contributed by atoms with Crippen molar-refractivity contribution in [3.05, 3.63) is 89.0 Å². The molecular weight excluding hydrogens is 554 g/mol. The summed E-state index contributed by atoms with van der Waals surface area (Å²) in [5, 5.41) is 25.9. The number of aryl methyl sites for hydroxylation is 2. The van der Waals surface area contributed by atoms with E-state index in [1.54, 1.807) is 48.5 Å². The minimum Gasteiger partial charge on any atom is -0.487 e. The molecule has 0 saturated heterocycles. The molecule has 0 amide bonds. The lowest BCUT2D eigenvalue weighted by atomic mass is 10.1. The van der Waals surface area contributed by atoms with Gasteiger partial charge in [-0.2, -0.15) is 5.26 Å². The maximum atomic E-state index is 13.3. The number of hydrogen-bond donors (Lipinski definition) is 0. The van der Waals surface area contributed by atoms with Gasteiger partial charge in [0.2, 0.25) is 0 Å². The fourth-order valence-electron chi connectivity index (χ4n) is 4.58. The first-order valence-corrected chi connectivity index (χ1v) is 15.5. The maximum absolute atomic E-state index is 13.3. The summed E-state index contributed by atoms with van der Waals surface area (Å²) in [5.74, 6) is 0.709. The molecule has 2 heterocycles. The summed E-state index contributed by atoms with van der Waals surface area (Å²) < 4.78 is 15.8. The van der Waals surface area contributed by atoms with Gasteiger partial charge < -0.3 is 9.47 Å². The van der Waals surface area contributed by atoms with Crippen LogP contribution in [-0.4, -0.2) is 35.8 Å². The van der Waals surface area contributed by atoms with Crippen LogP contribution in [0.25, 0.3) is 6.08 Å². The molecule has 44 heavy (non-hydrogen) atoms. The van der Waals surface area contributed by atoms with Crippen molar-refractivity contribution in [1.82, 2.24) is 30.0 Å². The summed E-state index contributed by atoms with van der Waals surface area (Å²) >= 11 is 0. The Balaban J connectivity index is 1.44. The molecule has 10 heteroatoms. The zero-order valence-corrected chi connectivity index (χ0v) is 25.7. The molecule has 4 aromatic rings. The molecule has 0 aliphatic heterocycles. The van der Waals surface area contributed by atoms with E-state index in [-0.39, 0.29) is 19.0 Å². The molecule has 0 spiro atoms. The molecule has 0 aliphatic rings. The van der Waals surface area contributed by atoms with Crippen molar-refractivity contribution in [2.75, 3.05) is 0 Å². The van der Waals surface area contributed by atoms with E-state index in [1.165, 1.54) is 38.2 Å². The quantitative estimate of drug-likeness (QED) is 0.0648. The number of rotatable bonds is 19. The summed E-state index contributed by atoms with van der Waals surface area (Å²) in [7, 11) is 0. The number of allylic oxidation sites excluding steroid dienone is 1. The van der Waals surface area contributed by atoms with E-state index in [0.29, 0.717) is 28.3 Å². The van der Waals surface area contributed by atoms with Gasteiger partial charge in [0, 0.05) is 19.2 Å². The van der Waals surface area contributed by atoms with Crippen molar-refractivity contribution in [2.24, 2.45) is 0 Å². The van der Waals surface area contributed by atoms with E-state index in [0.717, 1.165) is 43.6 Å². The van der Waals surface area contributed by atoms with E-state index in [2.05, 4.69) is 40.5 Å². The third-order valence-corrected chi connectivity index (χ3v) is 7.10. The first-order valence-electron chi connectivity index (χ1n) is 15.5. The van der Waals surface area contributed by atoms with Crippen molar-refractivity contribution in [3.63, 3.8) is 0 Å². The minimum atomic E-state index is -0.221. The third kappa shape index (κ3) is 10.2. The van der Waals surface area contributed by atoms with Crippen LogP contribution >= 0.6 is 0 Å². The number of hydrogen-bond acceptors (Lipinski definition) is 8. The summed E-state index contributed by atoms with van der Waals surface area (Å²) in [4.78, 5) is 13.3. The maximum Gasteiger partial charge on any atom is 0.189 e. The number of ketones is 1.